The Labute approximate surface area is 154 Å². The molecule has 0 aliphatic heterocycles. The number of methoxy groups -OCH3 is 2. The van der Waals surface area contributed by atoms with E-state index in [0.29, 0.717) is 42.0 Å². The molecule has 7 heteroatoms. The van der Waals surface area contributed by atoms with Crippen LogP contribution in [0.2, 0.25) is 0 Å². The van der Waals surface area contributed by atoms with Crippen molar-refractivity contribution in [1.82, 2.24) is 15.3 Å². The lowest BCUT2D eigenvalue weighted by molar-refractivity contribution is 0.0949. The van der Waals surface area contributed by atoms with Gasteiger partial charge in [-0.1, -0.05) is 13.0 Å². The van der Waals surface area contributed by atoms with E-state index in [-0.39, 0.29) is 5.91 Å². The lowest BCUT2D eigenvalue weighted by Gasteiger charge is -2.12. The fourth-order valence-corrected chi connectivity index (χ4v) is 2.32. The Morgan fingerprint density at radius 3 is 2.54 bits per heavy atom. The van der Waals surface area contributed by atoms with Crippen LogP contribution >= 0.6 is 0 Å². The number of hydrogen-bond donors (Lipinski definition) is 2. The van der Waals surface area contributed by atoms with Crippen LogP contribution in [0.25, 0.3) is 0 Å². The normalized spacial score (nSPS) is 11.5. The van der Waals surface area contributed by atoms with Gasteiger partial charge < -0.3 is 20.1 Å². The summed E-state index contributed by atoms with van der Waals surface area (Å²) in [6, 6.07) is 6.01. The first-order chi connectivity index (χ1) is 12.6. The molecule has 0 spiro atoms. The van der Waals surface area contributed by atoms with Crippen LogP contribution in [0.3, 0.4) is 0 Å². The molecule has 1 aromatic carbocycles. The van der Waals surface area contributed by atoms with Crippen molar-refractivity contribution in [2.24, 2.45) is 0 Å². The number of nitrogens with zero attached hydrogens (tertiary/aromatic N) is 2. The molecule has 0 saturated carbocycles. The first kappa shape index (κ1) is 19.5. The minimum atomic E-state index is -0.243. The Balaban J connectivity index is 1.87. The fourth-order valence-electron chi connectivity index (χ4n) is 2.32. The lowest BCUT2D eigenvalue weighted by Crippen LogP contribution is -2.27. The summed E-state index contributed by atoms with van der Waals surface area (Å²) >= 11 is 0. The molecule has 140 valence electrons. The summed E-state index contributed by atoms with van der Waals surface area (Å²) in [6.07, 6.45) is 4.72. The van der Waals surface area contributed by atoms with Crippen molar-refractivity contribution in [3.05, 3.63) is 41.9 Å². The molecule has 0 saturated heterocycles. The molecule has 1 amide bonds. The van der Waals surface area contributed by atoms with E-state index >= 15 is 0 Å². The molecule has 1 unspecified atom stereocenters. The monoisotopic (exact) mass is 358 g/mol. The Morgan fingerprint density at radius 2 is 1.92 bits per heavy atom. The third kappa shape index (κ3) is 5.34. The van der Waals surface area contributed by atoms with Crippen LogP contribution in [0.5, 0.6) is 11.5 Å². The summed E-state index contributed by atoms with van der Waals surface area (Å²) < 4.78 is 10.5. The SMILES string of the molecule is CCC(C)Nc1cnc(C(=O)NCCc2ccc(OC)c(OC)c2)cn1. The van der Waals surface area contributed by atoms with Crippen molar-refractivity contribution in [3.8, 4) is 11.5 Å². The van der Waals surface area contributed by atoms with Gasteiger partial charge in [-0.25, -0.2) is 9.97 Å². The minimum Gasteiger partial charge on any atom is -0.493 e. The number of amides is 1. The third-order valence-corrected chi connectivity index (χ3v) is 4.04. The second kappa shape index (κ2) is 9.60. The molecule has 2 rings (SSSR count). The van der Waals surface area contributed by atoms with Crippen LogP contribution in [-0.2, 0) is 6.42 Å². The molecular weight excluding hydrogens is 332 g/mol. The number of carbonyl (C=O) groups excluding carboxylic acids is 1. The molecule has 26 heavy (non-hydrogen) atoms. The van der Waals surface area contributed by atoms with Gasteiger partial charge in [0.15, 0.2) is 11.5 Å². The maximum Gasteiger partial charge on any atom is 0.271 e. The van der Waals surface area contributed by atoms with Crippen LogP contribution in [0.1, 0.15) is 36.3 Å². The number of benzene rings is 1. The number of carbonyl (C=O) groups is 1. The van der Waals surface area contributed by atoms with Crippen molar-refractivity contribution in [3.63, 3.8) is 0 Å². The van der Waals surface area contributed by atoms with Gasteiger partial charge in [-0.3, -0.25) is 4.79 Å². The number of anilines is 1. The smallest absolute Gasteiger partial charge is 0.271 e. The second-order valence-electron chi connectivity index (χ2n) is 5.94. The predicted molar refractivity (Wildman–Crippen MR) is 101 cm³/mol. The average Bonchev–Trinajstić information content (AvgIpc) is 2.68. The van der Waals surface area contributed by atoms with Gasteiger partial charge >= 0.3 is 0 Å². The molecule has 7 nitrogen and oxygen atoms in total. The van der Waals surface area contributed by atoms with Crippen LogP contribution in [0, 0.1) is 0 Å². The number of ether oxygens (including phenoxy) is 2. The molecule has 0 radical (unpaired) electrons. The van der Waals surface area contributed by atoms with Crippen molar-refractivity contribution in [2.75, 3.05) is 26.1 Å². The zero-order valence-electron chi connectivity index (χ0n) is 15.7. The molecule has 1 aromatic heterocycles. The standard InChI is InChI=1S/C19H26N4O3/c1-5-13(2)23-18-12-21-15(11-22-18)19(24)20-9-8-14-6-7-16(25-3)17(10-14)26-4/h6-7,10-13H,5,8-9H2,1-4H3,(H,20,24)(H,22,23). The Morgan fingerprint density at radius 1 is 1.15 bits per heavy atom. The molecule has 0 fully saturated rings. The number of aromatic nitrogens is 2. The topological polar surface area (TPSA) is 85.4 Å². The summed E-state index contributed by atoms with van der Waals surface area (Å²) in [6.45, 7) is 4.64. The number of rotatable bonds is 9. The summed E-state index contributed by atoms with van der Waals surface area (Å²) in [5.41, 5.74) is 1.34. The molecule has 1 heterocycles. The Hall–Kier alpha value is -2.83. The van der Waals surface area contributed by atoms with Gasteiger partial charge in [0.2, 0.25) is 0 Å². The van der Waals surface area contributed by atoms with Gasteiger partial charge in [0, 0.05) is 12.6 Å². The molecule has 0 aliphatic carbocycles. The van der Waals surface area contributed by atoms with E-state index in [9.17, 15) is 4.79 Å². The van der Waals surface area contributed by atoms with Crippen LogP contribution in [0.15, 0.2) is 30.6 Å². The molecule has 1 atom stereocenters. The second-order valence-corrected chi connectivity index (χ2v) is 5.94. The van der Waals surface area contributed by atoms with E-state index in [1.165, 1.54) is 6.20 Å². The summed E-state index contributed by atoms with van der Waals surface area (Å²) in [4.78, 5) is 20.6. The van der Waals surface area contributed by atoms with E-state index in [4.69, 9.17) is 9.47 Å². The highest BCUT2D eigenvalue weighted by molar-refractivity contribution is 5.92. The van der Waals surface area contributed by atoms with Gasteiger partial charge in [0.05, 0.1) is 26.6 Å². The van der Waals surface area contributed by atoms with Crippen LogP contribution in [0.4, 0.5) is 5.82 Å². The van der Waals surface area contributed by atoms with Crippen molar-refractivity contribution in [2.45, 2.75) is 32.7 Å². The van der Waals surface area contributed by atoms with Gasteiger partial charge in [-0.05, 0) is 37.5 Å². The minimum absolute atomic E-state index is 0.243. The van der Waals surface area contributed by atoms with Crippen molar-refractivity contribution < 1.29 is 14.3 Å². The molecule has 0 aliphatic rings. The lowest BCUT2D eigenvalue weighted by atomic mass is 10.1. The highest BCUT2D eigenvalue weighted by Crippen LogP contribution is 2.27. The highest BCUT2D eigenvalue weighted by Gasteiger charge is 2.09. The zero-order chi connectivity index (χ0) is 18.9. The molecule has 0 bridgehead atoms. The summed E-state index contributed by atoms with van der Waals surface area (Å²) in [5, 5.41) is 6.07. The van der Waals surface area contributed by atoms with E-state index in [1.54, 1.807) is 20.4 Å². The van der Waals surface area contributed by atoms with Gasteiger partial charge in [0.1, 0.15) is 11.5 Å². The number of hydrogen-bond acceptors (Lipinski definition) is 6. The van der Waals surface area contributed by atoms with Gasteiger partial charge in [-0.2, -0.15) is 0 Å². The molecule has 2 N–H and O–H groups in total. The van der Waals surface area contributed by atoms with E-state index in [1.807, 2.05) is 18.2 Å². The van der Waals surface area contributed by atoms with Crippen LogP contribution < -0.4 is 20.1 Å². The maximum absolute atomic E-state index is 12.2. The fraction of sp³-hybridized carbons (Fsp3) is 0.421. The van der Waals surface area contributed by atoms with Gasteiger partial charge in [-0.15, -0.1) is 0 Å². The van der Waals surface area contributed by atoms with E-state index in [2.05, 4.69) is 34.4 Å². The molecule has 2 aromatic rings. The van der Waals surface area contributed by atoms with E-state index < -0.39 is 0 Å². The predicted octanol–water partition coefficient (Wildman–Crippen LogP) is 2.68. The largest absolute Gasteiger partial charge is 0.493 e. The van der Waals surface area contributed by atoms with Crippen molar-refractivity contribution in [1.29, 1.82) is 0 Å². The zero-order valence-corrected chi connectivity index (χ0v) is 15.7. The van der Waals surface area contributed by atoms with Crippen LogP contribution in [-0.4, -0.2) is 42.7 Å². The third-order valence-electron chi connectivity index (χ3n) is 4.04. The van der Waals surface area contributed by atoms with Gasteiger partial charge in [0.25, 0.3) is 5.91 Å². The quantitative estimate of drug-likeness (QED) is 0.717. The highest BCUT2D eigenvalue weighted by atomic mass is 16.5. The first-order valence-electron chi connectivity index (χ1n) is 8.65. The maximum atomic E-state index is 12.2. The van der Waals surface area contributed by atoms with Crippen molar-refractivity contribution >= 4 is 11.7 Å². The Kier molecular flexibility index (Phi) is 7.20. The first-order valence-corrected chi connectivity index (χ1v) is 8.65. The number of nitrogens with one attached hydrogen (secondary N) is 2. The summed E-state index contributed by atoms with van der Waals surface area (Å²) in [7, 11) is 3.20. The molecular formula is C19H26N4O3. The van der Waals surface area contributed by atoms with E-state index in [0.717, 1.165) is 12.0 Å². The average molecular weight is 358 g/mol. The summed E-state index contributed by atoms with van der Waals surface area (Å²) in [5.74, 6) is 1.78. The Bertz CT molecular complexity index is 719.